The van der Waals surface area contributed by atoms with Crippen molar-refractivity contribution >= 4 is 51.0 Å². The number of methoxy groups -OCH3 is 2. The second-order valence-electron chi connectivity index (χ2n) is 11.0. The van der Waals surface area contributed by atoms with Crippen LogP contribution in [0.5, 0.6) is 5.75 Å². The molecule has 1 fully saturated rings. The van der Waals surface area contributed by atoms with Crippen LogP contribution in [0.15, 0.2) is 59.5 Å². The number of sulfone groups is 1. The zero-order chi connectivity index (χ0) is 34.9. The van der Waals surface area contributed by atoms with Crippen LogP contribution in [0.4, 0.5) is 20.6 Å². The maximum atomic E-state index is 14.6. The van der Waals surface area contributed by atoms with Gasteiger partial charge in [-0.1, -0.05) is 13.0 Å². The molecule has 2 heterocycles. The predicted molar refractivity (Wildman–Crippen MR) is 168 cm³/mol. The molecule has 0 radical (unpaired) electrons. The Morgan fingerprint density at radius 2 is 1.73 bits per heavy atom. The lowest BCUT2D eigenvalue weighted by atomic mass is 9.92. The Morgan fingerprint density at radius 3 is 2.40 bits per heavy atom. The first-order valence-corrected chi connectivity index (χ1v) is 16.3. The van der Waals surface area contributed by atoms with E-state index in [1.165, 1.54) is 67.5 Å². The van der Waals surface area contributed by atoms with E-state index < -0.39 is 63.4 Å². The van der Waals surface area contributed by atoms with Crippen molar-refractivity contribution in [2.45, 2.75) is 30.3 Å². The van der Waals surface area contributed by atoms with Gasteiger partial charge in [-0.3, -0.25) is 29.8 Å². The maximum absolute atomic E-state index is 14.6. The van der Waals surface area contributed by atoms with Crippen LogP contribution in [-0.4, -0.2) is 74.7 Å². The average molecular weight is 683 g/mol. The fraction of sp³-hybridized carbons (Fsp3) is 0.281. The molecule has 16 heteroatoms. The van der Waals surface area contributed by atoms with Gasteiger partial charge in [0.25, 0.3) is 11.8 Å². The highest BCUT2D eigenvalue weighted by Gasteiger charge is 2.46. The number of imide groups is 1. The molecular formula is C32H31FN4O10S. The number of carbonyl (C=O) groups excluding carboxylic acids is 4. The van der Waals surface area contributed by atoms with Crippen LogP contribution in [0.1, 0.15) is 57.3 Å². The van der Waals surface area contributed by atoms with Crippen LogP contribution in [0, 0.1) is 11.7 Å². The van der Waals surface area contributed by atoms with Crippen molar-refractivity contribution in [2.75, 3.05) is 37.2 Å². The summed E-state index contributed by atoms with van der Waals surface area (Å²) in [5.74, 6) is -5.73. The van der Waals surface area contributed by atoms with E-state index in [-0.39, 0.29) is 63.0 Å². The summed E-state index contributed by atoms with van der Waals surface area (Å²) in [5.41, 5.74) is 0.670. The summed E-state index contributed by atoms with van der Waals surface area (Å²) in [6.45, 7) is 1.30. The first-order valence-electron chi connectivity index (χ1n) is 14.6. The van der Waals surface area contributed by atoms with Crippen LogP contribution in [0.25, 0.3) is 0 Å². The standard InChI is InChI=1S/C32H31FN4O10S/c1-4-48(44,45)25-10-7-18(35-32(43)47-3)15-22(25)27-20(31(41)42)11-12-37(27)30(40)26(16-5-9-23(33)24(13-16)46-2)34-17-6-8-19-21(14-17)29(39)36-28(19)38/h5-10,13-15,20,26-27,34H,4,11-12H2,1-3H3,(H,35,43)(H,41,42)(H,36,38,39)/t20-,26+,27+/m0/s1. The number of ether oxygens (including phenoxy) is 2. The number of amides is 4. The quantitative estimate of drug-likeness (QED) is 0.228. The molecule has 0 unspecified atom stereocenters. The molecule has 0 aliphatic carbocycles. The van der Waals surface area contributed by atoms with Gasteiger partial charge in [-0.2, -0.15) is 0 Å². The van der Waals surface area contributed by atoms with Gasteiger partial charge in [-0.05, 0) is 66.1 Å². The highest BCUT2D eigenvalue weighted by Crippen LogP contribution is 2.43. The Kier molecular flexibility index (Phi) is 9.38. The molecule has 0 bridgehead atoms. The molecule has 2 aliphatic heterocycles. The van der Waals surface area contributed by atoms with Gasteiger partial charge >= 0.3 is 12.1 Å². The Labute approximate surface area is 274 Å². The molecule has 4 N–H and O–H groups in total. The van der Waals surface area contributed by atoms with Crippen molar-refractivity contribution < 1.29 is 51.4 Å². The van der Waals surface area contributed by atoms with Crippen LogP contribution < -0.4 is 20.7 Å². The van der Waals surface area contributed by atoms with E-state index in [9.17, 15) is 41.9 Å². The summed E-state index contributed by atoms with van der Waals surface area (Å²) in [5, 5.41) is 17.9. The number of fused-ring (bicyclic) bond motifs is 1. The van der Waals surface area contributed by atoms with Gasteiger partial charge in [0, 0.05) is 17.9 Å². The Morgan fingerprint density at radius 1 is 1.02 bits per heavy atom. The lowest BCUT2D eigenvalue weighted by molar-refractivity contribution is -0.143. The number of hydrogen-bond acceptors (Lipinski definition) is 10. The molecule has 4 amide bonds. The second-order valence-corrected chi connectivity index (χ2v) is 13.2. The zero-order valence-electron chi connectivity index (χ0n) is 25.9. The second kappa shape index (κ2) is 13.3. The molecule has 14 nitrogen and oxygen atoms in total. The number of carbonyl (C=O) groups is 5. The third kappa shape index (κ3) is 6.38. The molecule has 3 aromatic carbocycles. The molecule has 48 heavy (non-hydrogen) atoms. The van der Waals surface area contributed by atoms with Crippen molar-refractivity contribution in [2.24, 2.45) is 5.92 Å². The number of halogens is 1. The van der Waals surface area contributed by atoms with Crippen LogP contribution in [0.3, 0.4) is 0 Å². The number of aliphatic carboxylic acids is 1. The Balaban J connectivity index is 1.65. The van der Waals surface area contributed by atoms with Crippen molar-refractivity contribution in [3.05, 3.63) is 82.7 Å². The van der Waals surface area contributed by atoms with E-state index in [4.69, 9.17) is 4.74 Å². The fourth-order valence-corrected chi connectivity index (χ4v) is 7.01. The largest absolute Gasteiger partial charge is 0.494 e. The number of anilines is 2. The maximum Gasteiger partial charge on any atom is 0.411 e. The van der Waals surface area contributed by atoms with Crippen LogP contribution in [0.2, 0.25) is 0 Å². The van der Waals surface area contributed by atoms with Crippen LogP contribution >= 0.6 is 0 Å². The summed E-state index contributed by atoms with van der Waals surface area (Å²) in [7, 11) is -1.61. The number of rotatable bonds is 10. The Hall–Kier alpha value is -5.51. The highest BCUT2D eigenvalue weighted by molar-refractivity contribution is 7.91. The smallest absolute Gasteiger partial charge is 0.411 e. The number of nitrogens with one attached hydrogen (secondary N) is 3. The van der Waals surface area contributed by atoms with E-state index in [0.717, 1.165) is 13.2 Å². The minimum atomic E-state index is -3.98. The monoisotopic (exact) mass is 682 g/mol. The summed E-state index contributed by atoms with van der Waals surface area (Å²) in [4.78, 5) is 64.7. The molecular weight excluding hydrogens is 651 g/mol. The van der Waals surface area contributed by atoms with Crippen molar-refractivity contribution in [3.8, 4) is 5.75 Å². The third-order valence-electron chi connectivity index (χ3n) is 8.28. The lowest BCUT2D eigenvalue weighted by Crippen LogP contribution is -2.40. The van der Waals surface area contributed by atoms with Gasteiger partial charge in [-0.25, -0.2) is 17.6 Å². The van der Waals surface area contributed by atoms with E-state index in [2.05, 4.69) is 20.7 Å². The minimum Gasteiger partial charge on any atom is -0.494 e. The molecule has 3 aromatic rings. The highest BCUT2D eigenvalue weighted by atomic mass is 32.2. The van der Waals surface area contributed by atoms with E-state index >= 15 is 0 Å². The molecule has 0 spiro atoms. The van der Waals surface area contributed by atoms with E-state index in [1.807, 2.05) is 0 Å². The van der Waals surface area contributed by atoms with Gasteiger partial charge in [0.15, 0.2) is 21.4 Å². The molecule has 0 saturated carbocycles. The average Bonchev–Trinajstić information content (AvgIpc) is 3.64. The normalized spacial score (nSPS) is 17.7. The van der Waals surface area contributed by atoms with Crippen molar-refractivity contribution in [3.63, 3.8) is 0 Å². The lowest BCUT2D eigenvalue weighted by Gasteiger charge is -2.33. The summed E-state index contributed by atoms with van der Waals surface area (Å²) in [6.07, 6.45) is -0.910. The summed E-state index contributed by atoms with van der Waals surface area (Å²) >= 11 is 0. The molecule has 5 rings (SSSR count). The number of hydrogen-bond donors (Lipinski definition) is 4. The molecule has 252 valence electrons. The number of carboxylic acid groups (broad SMARTS) is 1. The van der Waals surface area contributed by atoms with Crippen molar-refractivity contribution in [1.82, 2.24) is 10.2 Å². The van der Waals surface area contributed by atoms with Crippen LogP contribution in [-0.2, 0) is 24.2 Å². The Bertz CT molecular complexity index is 1950. The zero-order valence-corrected chi connectivity index (χ0v) is 26.7. The topological polar surface area (TPSA) is 198 Å². The first kappa shape index (κ1) is 33.8. The van der Waals surface area contributed by atoms with Gasteiger partial charge in [0.2, 0.25) is 5.91 Å². The number of carboxylic acids is 1. The SMILES string of the molecule is CCS(=O)(=O)c1ccc(NC(=O)OC)cc1[C@H]1[C@@H](C(=O)O)CCN1C(=O)[C@H](Nc1ccc2c(c1)C(=O)NC2=O)c1ccc(F)c(OC)c1. The fourth-order valence-electron chi connectivity index (χ4n) is 5.88. The molecule has 2 aliphatic rings. The van der Waals surface area contributed by atoms with Crippen molar-refractivity contribution in [1.29, 1.82) is 0 Å². The number of nitrogens with zero attached hydrogens (tertiary/aromatic N) is 1. The van der Waals surface area contributed by atoms with Gasteiger partial charge in [0.1, 0.15) is 6.04 Å². The first-order chi connectivity index (χ1) is 22.8. The number of likely N-dealkylation sites (tertiary alicyclic amines) is 1. The summed E-state index contributed by atoms with van der Waals surface area (Å²) in [6, 6.07) is 9.08. The molecule has 0 aromatic heterocycles. The molecule has 1 saturated heterocycles. The van der Waals surface area contributed by atoms with Gasteiger partial charge < -0.3 is 24.8 Å². The van der Waals surface area contributed by atoms with Gasteiger partial charge in [0.05, 0.1) is 48.0 Å². The van der Waals surface area contributed by atoms with E-state index in [1.54, 1.807) is 0 Å². The number of benzene rings is 3. The van der Waals surface area contributed by atoms with E-state index in [0.29, 0.717) is 0 Å². The summed E-state index contributed by atoms with van der Waals surface area (Å²) < 4.78 is 50.8. The third-order valence-corrected chi connectivity index (χ3v) is 10.1. The predicted octanol–water partition coefficient (Wildman–Crippen LogP) is 3.52. The minimum absolute atomic E-state index is 0.0350. The molecule has 3 atom stereocenters. The van der Waals surface area contributed by atoms with Gasteiger partial charge in [-0.15, -0.1) is 0 Å².